The first-order valence-corrected chi connectivity index (χ1v) is 5.81. The quantitative estimate of drug-likeness (QED) is 0.451. The van der Waals surface area contributed by atoms with E-state index in [1.54, 1.807) is 4.90 Å². The third-order valence-electron chi connectivity index (χ3n) is 2.25. The number of carbonyl (C=O) groups is 1. The van der Waals surface area contributed by atoms with Crippen LogP contribution in [0.4, 0.5) is 0 Å². The van der Waals surface area contributed by atoms with Gasteiger partial charge in [-0.2, -0.15) is 0 Å². The molecule has 0 radical (unpaired) electrons. The van der Waals surface area contributed by atoms with Crippen LogP contribution in [0.2, 0.25) is 0 Å². The number of ketones is 1. The molecular weight excluding hydrogens is 210 g/mol. The van der Waals surface area contributed by atoms with Gasteiger partial charge in [-0.05, 0) is 23.8 Å². The van der Waals surface area contributed by atoms with Gasteiger partial charge in [-0.15, -0.1) is 0 Å². The minimum atomic E-state index is -0.130. The normalized spacial score (nSPS) is 9.71. The Kier molecular flexibility index (Phi) is 4.78. The van der Waals surface area contributed by atoms with Crippen LogP contribution in [-0.2, 0) is 6.42 Å². The maximum Gasteiger partial charge on any atom is 0.237 e. The predicted octanol–water partition coefficient (Wildman–Crippen LogP) is 2.59. The van der Waals surface area contributed by atoms with Crippen molar-refractivity contribution in [3.05, 3.63) is 35.4 Å². The second-order valence-electron chi connectivity index (χ2n) is 4.76. The lowest BCUT2D eigenvalue weighted by atomic mass is 10.0. The van der Waals surface area contributed by atoms with Crippen LogP contribution >= 0.6 is 0 Å². The highest BCUT2D eigenvalue weighted by Crippen LogP contribution is 2.10. The smallest absolute Gasteiger partial charge is 0.237 e. The molecule has 0 atom stereocenters. The van der Waals surface area contributed by atoms with Crippen molar-refractivity contribution in [2.75, 3.05) is 14.1 Å². The molecule has 0 unspecified atom stereocenters. The Hall–Kier alpha value is -1.75. The van der Waals surface area contributed by atoms with E-state index < -0.39 is 0 Å². The standard InChI is InChI=1S/C15H19NO/c1-12(2)11-13-5-7-14(8-6-13)15(17)9-10-16(3)4/h5-8,12H,11H2,1-4H3. The first kappa shape index (κ1) is 13.3. The largest absolute Gasteiger partial charge is 0.338 e. The van der Waals surface area contributed by atoms with Crippen LogP contribution in [-0.4, -0.2) is 24.8 Å². The highest BCUT2D eigenvalue weighted by atomic mass is 16.1. The van der Waals surface area contributed by atoms with Crippen molar-refractivity contribution >= 4 is 5.78 Å². The van der Waals surface area contributed by atoms with Gasteiger partial charge in [0.2, 0.25) is 5.78 Å². The molecule has 0 bridgehead atoms. The van der Waals surface area contributed by atoms with Crippen LogP contribution in [0.3, 0.4) is 0 Å². The van der Waals surface area contributed by atoms with Crippen LogP contribution in [0.5, 0.6) is 0 Å². The molecular formula is C15H19NO. The van der Waals surface area contributed by atoms with Crippen molar-refractivity contribution < 1.29 is 4.79 Å². The van der Waals surface area contributed by atoms with Gasteiger partial charge in [0.1, 0.15) is 0 Å². The highest BCUT2D eigenvalue weighted by molar-refractivity contribution is 6.08. The highest BCUT2D eigenvalue weighted by Gasteiger charge is 2.03. The molecule has 0 aliphatic carbocycles. The number of benzene rings is 1. The van der Waals surface area contributed by atoms with E-state index in [0.717, 1.165) is 6.42 Å². The van der Waals surface area contributed by atoms with Crippen LogP contribution in [0.25, 0.3) is 0 Å². The van der Waals surface area contributed by atoms with Crippen molar-refractivity contribution in [1.82, 2.24) is 4.90 Å². The first-order chi connectivity index (χ1) is 7.99. The predicted molar refractivity (Wildman–Crippen MR) is 70.8 cm³/mol. The summed E-state index contributed by atoms with van der Waals surface area (Å²) in [5, 5.41) is 0. The zero-order valence-corrected chi connectivity index (χ0v) is 10.9. The van der Waals surface area contributed by atoms with E-state index in [4.69, 9.17) is 0 Å². The van der Waals surface area contributed by atoms with Crippen molar-refractivity contribution in [2.24, 2.45) is 5.92 Å². The van der Waals surface area contributed by atoms with Gasteiger partial charge in [0, 0.05) is 25.7 Å². The number of carbonyl (C=O) groups excluding carboxylic acids is 1. The summed E-state index contributed by atoms with van der Waals surface area (Å²) in [6, 6.07) is 10.4. The van der Waals surface area contributed by atoms with E-state index in [1.165, 1.54) is 5.56 Å². The molecule has 0 spiro atoms. The van der Waals surface area contributed by atoms with E-state index in [1.807, 2.05) is 38.4 Å². The van der Waals surface area contributed by atoms with Crippen LogP contribution < -0.4 is 0 Å². The molecule has 0 saturated carbocycles. The number of Topliss-reactive ketones (excluding diaryl/α,β-unsaturated/α-hetero) is 1. The second kappa shape index (κ2) is 6.10. The lowest BCUT2D eigenvalue weighted by molar-refractivity contribution is 0.105. The topological polar surface area (TPSA) is 20.3 Å². The van der Waals surface area contributed by atoms with Gasteiger partial charge in [0.25, 0.3) is 0 Å². The zero-order chi connectivity index (χ0) is 12.8. The van der Waals surface area contributed by atoms with Crippen LogP contribution in [0, 0.1) is 17.9 Å². The van der Waals surface area contributed by atoms with E-state index in [9.17, 15) is 4.79 Å². The third kappa shape index (κ3) is 4.74. The first-order valence-electron chi connectivity index (χ1n) is 5.81. The zero-order valence-electron chi connectivity index (χ0n) is 10.9. The fourth-order valence-electron chi connectivity index (χ4n) is 1.50. The van der Waals surface area contributed by atoms with E-state index in [-0.39, 0.29) is 5.78 Å². The molecule has 0 aliphatic heterocycles. The Morgan fingerprint density at radius 2 is 1.82 bits per heavy atom. The summed E-state index contributed by atoms with van der Waals surface area (Å²) in [7, 11) is 3.62. The lowest BCUT2D eigenvalue weighted by Crippen LogP contribution is -2.04. The average molecular weight is 229 g/mol. The summed E-state index contributed by atoms with van der Waals surface area (Å²) >= 11 is 0. The van der Waals surface area contributed by atoms with Crippen molar-refractivity contribution in [1.29, 1.82) is 0 Å². The van der Waals surface area contributed by atoms with Gasteiger partial charge < -0.3 is 4.90 Å². The monoisotopic (exact) mass is 229 g/mol. The fraction of sp³-hybridized carbons (Fsp3) is 0.400. The number of nitrogens with zero attached hydrogens (tertiary/aromatic N) is 1. The summed E-state index contributed by atoms with van der Waals surface area (Å²) in [6.45, 7) is 4.36. The third-order valence-corrected chi connectivity index (χ3v) is 2.25. The van der Waals surface area contributed by atoms with E-state index >= 15 is 0 Å². The molecule has 0 amide bonds. The lowest BCUT2D eigenvalue weighted by Gasteiger charge is -2.04. The van der Waals surface area contributed by atoms with Crippen molar-refractivity contribution in [3.8, 4) is 12.0 Å². The Labute approximate surface area is 104 Å². The Balaban J connectivity index is 2.75. The van der Waals surface area contributed by atoms with Crippen LogP contribution in [0.1, 0.15) is 29.8 Å². The van der Waals surface area contributed by atoms with Crippen molar-refractivity contribution in [3.63, 3.8) is 0 Å². The molecule has 0 N–H and O–H groups in total. The summed E-state index contributed by atoms with van der Waals surface area (Å²) in [6.07, 6.45) is 1.04. The van der Waals surface area contributed by atoms with Gasteiger partial charge >= 0.3 is 0 Å². The number of hydrogen-bond donors (Lipinski definition) is 0. The molecule has 1 aromatic rings. The summed E-state index contributed by atoms with van der Waals surface area (Å²) in [4.78, 5) is 13.4. The summed E-state index contributed by atoms with van der Waals surface area (Å²) in [5.41, 5.74) is 1.92. The molecule has 90 valence electrons. The Bertz CT molecular complexity index is 432. The second-order valence-corrected chi connectivity index (χ2v) is 4.76. The van der Waals surface area contributed by atoms with E-state index in [2.05, 4.69) is 25.8 Å². The number of rotatable bonds is 3. The van der Waals surface area contributed by atoms with Gasteiger partial charge in [0.05, 0.1) is 0 Å². The molecule has 0 aliphatic rings. The maximum atomic E-state index is 11.7. The molecule has 17 heavy (non-hydrogen) atoms. The minimum Gasteiger partial charge on any atom is -0.338 e. The molecule has 0 aromatic heterocycles. The molecule has 0 heterocycles. The molecule has 1 rings (SSSR count). The fourth-order valence-corrected chi connectivity index (χ4v) is 1.50. The SMILES string of the molecule is CC(C)Cc1ccc(C(=O)C#CN(C)C)cc1. The van der Waals surface area contributed by atoms with Gasteiger partial charge in [-0.3, -0.25) is 4.79 Å². The van der Waals surface area contributed by atoms with Gasteiger partial charge in [-0.25, -0.2) is 0 Å². The van der Waals surface area contributed by atoms with Crippen LogP contribution in [0.15, 0.2) is 24.3 Å². The summed E-state index contributed by atoms with van der Waals surface area (Å²) in [5.74, 6) is 3.10. The molecule has 0 saturated heterocycles. The van der Waals surface area contributed by atoms with Crippen molar-refractivity contribution in [2.45, 2.75) is 20.3 Å². The Morgan fingerprint density at radius 3 is 2.29 bits per heavy atom. The molecule has 2 nitrogen and oxygen atoms in total. The maximum absolute atomic E-state index is 11.7. The minimum absolute atomic E-state index is 0.130. The average Bonchev–Trinajstić information content (AvgIpc) is 2.26. The molecule has 2 heteroatoms. The molecule has 1 aromatic carbocycles. The summed E-state index contributed by atoms with van der Waals surface area (Å²) < 4.78 is 0. The van der Waals surface area contributed by atoms with Gasteiger partial charge in [0.15, 0.2) is 0 Å². The van der Waals surface area contributed by atoms with Gasteiger partial charge in [-0.1, -0.05) is 38.1 Å². The number of hydrogen-bond acceptors (Lipinski definition) is 2. The molecule has 0 fully saturated rings. The Morgan fingerprint density at radius 1 is 1.24 bits per heavy atom. The van der Waals surface area contributed by atoms with E-state index in [0.29, 0.717) is 11.5 Å².